The molecule has 0 aliphatic carbocycles. The number of aliphatic hydroxyl groups is 1. The fourth-order valence-corrected chi connectivity index (χ4v) is 1.46. The Labute approximate surface area is 86.5 Å². The van der Waals surface area contributed by atoms with Crippen molar-refractivity contribution in [2.24, 2.45) is 5.92 Å². The van der Waals surface area contributed by atoms with E-state index in [0.29, 0.717) is 6.42 Å². The van der Waals surface area contributed by atoms with E-state index in [2.05, 4.69) is 0 Å². The van der Waals surface area contributed by atoms with Crippen LogP contribution in [0, 0.1) is 5.92 Å². The summed E-state index contributed by atoms with van der Waals surface area (Å²) in [6, 6.07) is 0. The zero-order valence-corrected chi connectivity index (χ0v) is 9.83. The molecule has 14 heavy (non-hydrogen) atoms. The minimum absolute atomic E-state index is 0.138. The fraction of sp³-hybridized carbons (Fsp3) is 0.909. The molecular formula is C11H22O3. The van der Waals surface area contributed by atoms with Crippen LogP contribution in [-0.4, -0.2) is 22.8 Å². The molecule has 3 nitrogen and oxygen atoms in total. The summed E-state index contributed by atoms with van der Waals surface area (Å²) in [7, 11) is 0. The Hall–Kier alpha value is -0.570. The van der Waals surface area contributed by atoms with Crippen molar-refractivity contribution < 1.29 is 14.6 Å². The Morgan fingerprint density at radius 1 is 1.50 bits per heavy atom. The lowest BCUT2D eigenvalue weighted by Crippen LogP contribution is -2.34. The summed E-state index contributed by atoms with van der Waals surface area (Å²) in [5, 5.41) is 9.37. The van der Waals surface area contributed by atoms with Crippen LogP contribution < -0.4 is 0 Å². The zero-order chi connectivity index (χ0) is 11.4. The SMILES string of the molecule is CCC(C)(CC(C)C(C)O)OC(C)=O. The maximum atomic E-state index is 10.9. The fourth-order valence-electron chi connectivity index (χ4n) is 1.46. The molecule has 0 aliphatic heterocycles. The molecule has 0 heterocycles. The molecule has 3 atom stereocenters. The Morgan fingerprint density at radius 3 is 2.29 bits per heavy atom. The largest absolute Gasteiger partial charge is 0.460 e. The molecule has 3 heteroatoms. The molecule has 0 rings (SSSR count). The van der Waals surface area contributed by atoms with Crippen LogP contribution in [-0.2, 0) is 9.53 Å². The van der Waals surface area contributed by atoms with Crippen molar-refractivity contribution in [2.45, 2.75) is 59.2 Å². The highest BCUT2D eigenvalue weighted by Crippen LogP contribution is 2.26. The van der Waals surface area contributed by atoms with E-state index in [4.69, 9.17) is 4.74 Å². The van der Waals surface area contributed by atoms with Gasteiger partial charge in [-0.05, 0) is 32.6 Å². The number of hydrogen-bond acceptors (Lipinski definition) is 3. The highest BCUT2D eigenvalue weighted by atomic mass is 16.6. The Balaban J connectivity index is 4.31. The van der Waals surface area contributed by atoms with Crippen LogP contribution in [0.2, 0.25) is 0 Å². The molecule has 0 saturated carbocycles. The first-order chi connectivity index (χ1) is 6.30. The molecule has 0 amide bonds. The van der Waals surface area contributed by atoms with Gasteiger partial charge in [0.25, 0.3) is 0 Å². The smallest absolute Gasteiger partial charge is 0.303 e. The number of rotatable bonds is 5. The van der Waals surface area contributed by atoms with E-state index in [1.807, 2.05) is 20.8 Å². The Morgan fingerprint density at radius 2 is 2.00 bits per heavy atom. The molecule has 0 saturated heterocycles. The van der Waals surface area contributed by atoms with E-state index in [1.54, 1.807) is 6.92 Å². The van der Waals surface area contributed by atoms with Gasteiger partial charge in [0.1, 0.15) is 5.60 Å². The van der Waals surface area contributed by atoms with Gasteiger partial charge >= 0.3 is 5.97 Å². The summed E-state index contributed by atoms with van der Waals surface area (Å²) >= 11 is 0. The van der Waals surface area contributed by atoms with Gasteiger partial charge in [0, 0.05) is 6.92 Å². The lowest BCUT2D eigenvalue weighted by molar-refractivity contribution is -0.158. The molecule has 0 aromatic heterocycles. The highest BCUT2D eigenvalue weighted by molar-refractivity contribution is 5.66. The van der Waals surface area contributed by atoms with E-state index in [1.165, 1.54) is 6.92 Å². The topological polar surface area (TPSA) is 46.5 Å². The summed E-state index contributed by atoms with van der Waals surface area (Å²) in [5.41, 5.74) is -0.442. The van der Waals surface area contributed by atoms with Crippen molar-refractivity contribution in [1.82, 2.24) is 0 Å². The molecule has 1 N–H and O–H groups in total. The number of carbonyl (C=O) groups excluding carboxylic acids is 1. The van der Waals surface area contributed by atoms with Crippen molar-refractivity contribution in [1.29, 1.82) is 0 Å². The minimum Gasteiger partial charge on any atom is -0.460 e. The Kier molecular flexibility index (Phi) is 5.13. The van der Waals surface area contributed by atoms with Crippen LogP contribution in [0.1, 0.15) is 47.5 Å². The summed E-state index contributed by atoms with van der Waals surface area (Å²) in [4.78, 5) is 10.9. The average Bonchev–Trinajstić information content (AvgIpc) is 2.02. The number of hydrogen-bond donors (Lipinski definition) is 1. The van der Waals surface area contributed by atoms with E-state index < -0.39 is 5.60 Å². The molecule has 0 spiro atoms. The van der Waals surface area contributed by atoms with E-state index in [-0.39, 0.29) is 18.0 Å². The molecular weight excluding hydrogens is 180 g/mol. The maximum absolute atomic E-state index is 10.9. The molecule has 0 radical (unpaired) electrons. The quantitative estimate of drug-likeness (QED) is 0.695. The third-order valence-corrected chi connectivity index (χ3v) is 2.72. The summed E-state index contributed by atoms with van der Waals surface area (Å²) in [6.07, 6.45) is 1.10. The maximum Gasteiger partial charge on any atom is 0.303 e. The predicted molar refractivity (Wildman–Crippen MR) is 55.9 cm³/mol. The van der Waals surface area contributed by atoms with Crippen molar-refractivity contribution in [3.05, 3.63) is 0 Å². The first kappa shape index (κ1) is 13.4. The molecule has 3 unspecified atom stereocenters. The summed E-state index contributed by atoms with van der Waals surface area (Å²) in [6.45, 7) is 9.03. The molecule has 0 aromatic carbocycles. The van der Waals surface area contributed by atoms with Crippen LogP contribution >= 0.6 is 0 Å². The van der Waals surface area contributed by atoms with Crippen LogP contribution in [0.15, 0.2) is 0 Å². The lowest BCUT2D eigenvalue weighted by Gasteiger charge is -2.31. The summed E-state index contributed by atoms with van der Waals surface area (Å²) < 4.78 is 5.26. The first-order valence-electron chi connectivity index (χ1n) is 5.18. The molecule has 0 aromatic rings. The van der Waals surface area contributed by atoms with Gasteiger partial charge in [-0.15, -0.1) is 0 Å². The van der Waals surface area contributed by atoms with Gasteiger partial charge in [-0.3, -0.25) is 4.79 Å². The van der Waals surface area contributed by atoms with E-state index in [9.17, 15) is 9.90 Å². The van der Waals surface area contributed by atoms with E-state index >= 15 is 0 Å². The van der Waals surface area contributed by atoms with Gasteiger partial charge in [0.2, 0.25) is 0 Å². The van der Waals surface area contributed by atoms with Gasteiger partial charge in [0.15, 0.2) is 0 Å². The first-order valence-corrected chi connectivity index (χ1v) is 5.18. The average molecular weight is 202 g/mol. The summed E-state index contributed by atoms with van der Waals surface area (Å²) in [5.74, 6) is -0.119. The molecule has 84 valence electrons. The normalized spacial score (nSPS) is 19.6. The molecule has 0 fully saturated rings. The minimum atomic E-state index is -0.442. The van der Waals surface area contributed by atoms with Crippen molar-refractivity contribution in [2.75, 3.05) is 0 Å². The monoisotopic (exact) mass is 202 g/mol. The van der Waals surface area contributed by atoms with Crippen LogP contribution in [0.3, 0.4) is 0 Å². The van der Waals surface area contributed by atoms with Crippen molar-refractivity contribution in [3.8, 4) is 0 Å². The lowest BCUT2D eigenvalue weighted by atomic mass is 9.88. The van der Waals surface area contributed by atoms with Gasteiger partial charge in [-0.2, -0.15) is 0 Å². The highest BCUT2D eigenvalue weighted by Gasteiger charge is 2.29. The standard InChI is InChI=1S/C11H22O3/c1-6-11(5,14-10(4)13)7-8(2)9(3)12/h8-9,12H,6-7H2,1-5H3. The van der Waals surface area contributed by atoms with Crippen LogP contribution in [0.25, 0.3) is 0 Å². The Bertz CT molecular complexity index is 189. The van der Waals surface area contributed by atoms with Gasteiger partial charge in [-0.25, -0.2) is 0 Å². The third-order valence-electron chi connectivity index (χ3n) is 2.72. The third kappa shape index (κ3) is 4.61. The van der Waals surface area contributed by atoms with Crippen molar-refractivity contribution in [3.63, 3.8) is 0 Å². The molecule has 0 bridgehead atoms. The van der Waals surface area contributed by atoms with Crippen LogP contribution in [0.4, 0.5) is 0 Å². The zero-order valence-electron chi connectivity index (χ0n) is 9.83. The second-order valence-electron chi connectivity index (χ2n) is 4.32. The second kappa shape index (κ2) is 5.35. The number of carbonyl (C=O) groups is 1. The second-order valence-corrected chi connectivity index (χ2v) is 4.32. The predicted octanol–water partition coefficient (Wildman–Crippen LogP) is 2.13. The molecule has 0 aliphatic rings. The number of aliphatic hydroxyl groups excluding tert-OH is 1. The number of esters is 1. The number of ether oxygens (including phenoxy) is 1. The van der Waals surface area contributed by atoms with Gasteiger partial charge in [-0.1, -0.05) is 13.8 Å². The van der Waals surface area contributed by atoms with Crippen molar-refractivity contribution >= 4 is 5.97 Å². The van der Waals surface area contributed by atoms with Crippen LogP contribution in [0.5, 0.6) is 0 Å². The van der Waals surface area contributed by atoms with Gasteiger partial charge < -0.3 is 9.84 Å². The van der Waals surface area contributed by atoms with E-state index in [0.717, 1.165) is 6.42 Å². The van der Waals surface area contributed by atoms with Gasteiger partial charge in [0.05, 0.1) is 6.10 Å².